The molecule has 452 valence electrons. The Bertz CT molecular complexity index is 2500. The van der Waals surface area contributed by atoms with Gasteiger partial charge in [-0.25, -0.2) is 40.1 Å². The number of halogens is 1. The second-order valence-corrected chi connectivity index (χ2v) is 25.8. The van der Waals surface area contributed by atoms with E-state index in [0.29, 0.717) is 59.8 Å². The molecule has 0 amide bonds. The van der Waals surface area contributed by atoms with Crippen LogP contribution in [0.2, 0.25) is 0 Å². The third-order valence-corrected chi connectivity index (χ3v) is 16.0. The summed E-state index contributed by atoms with van der Waals surface area (Å²) >= 11 is 5.79. The molecular formula is C51H94ClN13O12P2. The molecule has 0 aliphatic heterocycles. The number of imidazole rings is 2. The molecule has 0 bridgehead atoms. The molecule has 0 fully saturated rings. The average molecular weight is 1180 g/mol. The number of fused-ring (bicyclic) bond motifs is 2. The molecule has 0 radical (unpaired) electrons. The third-order valence-electron chi connectivity index (χ3n) is 13.0. The average Bonchev–Trinajstić information content (AvgIpc) is 3.99. The van der Waals surface area contributed by atoms with Crippen LogP contribution in [0.3, 0.4) is 0 Å². The van der Waals surface area contributed by atoms with Gasteiger partial charge in [0.15, 0.2) is 22.9 Å². The number of aromatic nitrogens is 8. The number of ether oxygens (including phenoxy) is 5. The van der Waals surface area contributed by atoms with Crippen LogP contribution in [0, 0.1) is 17.8 Å². The Balaban J connectivity index is 0.000000745. The zero-order chi connectivity index (χ0) is 59.1. The summed E-state index contributed by atoms with van der Waals surface area (Å²) in [5, 5.41) is 5.94. The molecule has 79 heavy (non-hydrogen) atoms. The highest BCUT2D eigenvalue weighted by Gasteiger charge is 2.43. The van der Waals surface area contributed by atoms with E-state index in [1.165, 1.54) is 19.0 Å². The fraction of sp³-hybridized carbons (Fsp3) is 0.745. The molecule has 0 saturated heterocycles. The van der Waals surface area contributed by atoms with Gasteiger partial charge in [-0.05, 0) is 92.4 Å². The Morgan fingerprint density at radius 1 is 0.595 bits per heavy atom. The highest BCUT2D eigenvalue weighted by Crippen LogP contribution is 2.42. The number of nitrogens with one attached hydrogen (secondary N) is 2. The van der Waals surface area contributed by atoms with Crippen LogP contribution in [0.25, 0.3) is 22.3 Å². The summed E-state index contributed by atoms with van der Waals surface area (Å²) in [5.41, 5.74) is 10.9. The van der Waals surface area contributed by atoms with Crippen LogP contribution in [-0.2, 0) is 60.3 Å². The molecular weight excluding hydrogens is 1080 g/mol. The van der Waals surface area contributed by atoms with Crippen molar-refractivity contribution in [2.75, 3.05) is 44.0 Å². The Morgan fingerprint density at radius 2 is 0.924 bits per heavy atom. The lowest BCUT2D eigenvalue weighted by Crippen LogP contribution is -2.54. The minimum atomic E-state index is -4.16. The van der Waals surface area contributed by atoms with E-state index in [-0.39, 0.29) is 43.3 Å². The number of hydrogen-bond donors (Lipinski definition) is 7. The number of hydrogen-bond acceptors (Lipinski definition) is 19. The smallest absolute Gasteiger partial charge is 0.350 e. The van der Waals surface area contributed by atoms with Crippen molar-refractivity contribution in [1.82, 2.24) is 55.4 Å². The maximum atomic E-state index is 14.5. The van der Waals surface area contributed by atoms with Crippen molar-refractivity contribution in [3.8, 4) is 0 Å². The molecule has 2 atom stereocenters. The molecule has 0 unspecified atom stereocenters. The molecule has 11 N–H and O–H groups in total. The summed E-state index contributed by atoms with van der Waals surface area (Å²) in [4.78, 5) is 78.7. The van der Waals surface area contributed by atoms with Gasteiger partial charge in [0.1, 0.15) is 52.3 Å². The van der Waals surface area contributed by atoms with E-state index in [0.717, 1.165) is 57.8 Å². The first-order valence-corrected chi connectivity index (χ1v) is 30.9. The zero-order valence-electron chi connectivity index (χ0n) is 49.2. The molecule has 4 heterocycles. The van der Waals surface area contributed by atoms with Gasteiger partial charge in [0.05, 0.1) is 57.8 Å². The van der Waals surface area contributed by atoms with E-state index < -0.39 is 61.5 Å². The molecule has 4 aromatic rings. The van der Waals surface area contributed by atoms with Gasteiger partial charge in [-0.3, -0.25) is 23.5 Å². The third kappa shape index (κ3) is 25.5. The van der Waals surface area contributed by atoms with Crippen LogP contribution >= 0.6 is 26.6 Å². The van der Waals surface area contributed by atoms with Crippen molar-refractivity contribution in [2.24, 2.45) is 17.8 Å². The fourth-order valence-electron chi connectivity index (χ4n) is 7.85. The fourth-order valence-corrected chi connectivity index (χ4v) is 11.0. The van der Waals surface area contributed by atoms with Gasteiger partial charge < -0.3 is 60.2 Å². The van der Waals surface area contributed by atoms with E-state index in [9.17, 15) is 23.5 Å². The maximum absolute atomic E-state index is 14.5. The van der Waals surface area contributed by atoms with Crippen molar-refractivity contribution in [2.45, 2.75) is 196 Å². The molecule has 0 aromatic carbocycles. The SMILES string of the molecule is CCC(CC)CCOC(=O)C(C)(C)Cl.CCC(CC)CCOC(=O)C(C)(C)NP(=O)(CO[C@H](C)Cn1cnc2c(N)ncnc21)NC(C)(C)C(=O)OCCC(CC)CC.C[C@H](Cn1cnc2c(N)ncnc21)OCP(=O)(O)O.N. The van der Waals surface area contributed by atoms with E-state index >= 15 is 0 Å². The lowest BCUT2D eigenvalue weighted by atomic mass is 10.0. The Hall–Kier alpha value is -4.42. The Morgan fingerprint density at radius 3 is 1.24 bits per heavy atom. The quantitative estimate of drug-likeness (QED) is 0.0104. The number of nitrogen functional groups attached to an aromatic ring is 2. The first-order valence-electron chi connectivity index (χ1n) is 26.9. The number of anilines is 2. The number of carbonyl (C=O) groups is 3. The first kappa shape index (κ1) is 72.6. The van der Waals surface area contributed by atoms with Crippen LogP contribution in [0.5, 0.6) is 0 Å². The number of rotatable bonds is 32. The summed E-state index contributed by atoms with van der Waals surface area (Å²) in [6.45, 7) is 27.7. The van der Waals surface area contributed by atoms with Crippen molar-refractivity contribution < 1.29 is 57.0 Å². The summed E-state index contributed by atoms with van der Waals surface area (Å²) in [7, 11) is -7.95. The van der Waals surface area contributed by atoms with Crippen molar-refractivity contribution >= 4 is 78.5 Å². The maximum Gasteiger partial charge on any atom is 0.350 e. The van der Waals surface area contributed by atoms with Gasteiger partial charge in [-0.1, -0.05) is 80.1 Å². The predicted octanol–water partition coefficient (Wildman–Crippen LogP) is 8.92. The molecule has 25 nitrogen and oxygen atoms in total. The zero-order valence-corrected chi connectivity index (χ0v) is 51.7. The summed E-state index contributed by atoms with van der Waals surface area (Å²) in [6.07, 6.45) is 12.7. The molecule has 0 saturated carbocycles. The lowest BCUT2D eigenvalue weighted by molar-refractivity contribution is -0.150. The standard InChI is InChI=1S/C31H56N7O6P.C11H21ClO2.C9H14N5O4P.H3N/c1-10-23(11-2)14-16-42-28(39)30(6,7)36-45(41,37-31(8,9)29(40)43-17-15-24(12-3)13-4)21-44-22(5)18-38-20-35-25-26(32)33-19-34-27(25)38;1-5-9(6-2)7-8-14-10(13)11(3,4)12;1-6(18-5-19(15,16)17)2-14-4-13-7-8(10)11-3-12-9(7)14;/h19-20,22-24H,10-18,21H2,1-9H3,(H2,32,33,34)(H2,36,37,41);9H,5-8H2,1-4H3;3-4,6H,2,5H2,1H3,(H2,10,11,12)(H2,15,16,17);1H3/t22-;;6-;/m1.1./s1. The number of carbonyl (C=O) groups excluding carboxylic acids is 3. The van der Waals surface area contributed by atoms with Gasteiger partial charge in [-0.2, -0.15) is 0 Å². The molecule has 4 rings (SSSR count). The highest BCUT2D eigenvalue weighted by molar-refractivity contribution is 7.59. The van der Waals surface area contributed by atoms with Crippen LogP contribution in [-0.4, -0.2) is 127 Å². The number of esters is 3. The second-order valence-electron chi connectivity index (χ2n) is 21.0. The molecule has 28 heteroatoms. The highest BCUT2D eigenvalue weighted by atomic mass is 35.5. The van der Waals surface area contributed by atoms with Gasteiger partial charge in [0.25, 0.3) is 0 Å². The molecule has 4 aromatic heterocycles. The van der Waals surface area contributed by atoms with Crippen LogP contribution in [0.4, 0.5) is 11.6 Å². The summed E-state index contributed by atoms with van der Waals surface area (Å²) in [5.74, 6) is 0.715. The normalized spacial score (nSPS) is 13.1. The summed E-state index contributed by atoms with van der Waals surface area (Å²) < 4.78 is 56.1. The number of nitrogens with two attached hydrogens (primary N) is 2. The van der Waals surface area contributed by atoms with Crippen LogP contribution in [0.15, 0.2) is 25.3 Å². The topological polar surface area (TPSA) is 370 Å². The van der Waals surface area contributed by atoms with Crippen molar-refractivity contribution in [1.29, 1.82) is 0 Å². The summed E-state index contributed by atoms with van der Waals surface area (Å²) in [6, 6.07) is 0. The van der Waals surface area contributed by atoms with Crippen LogP contribution in [0.1, 0.15) is 155 Å². The molecule has 0 aliphatic rings. The Labute approximate surface area is 472 Å². The number of nitrogens with zero attached hydrogens (tertiary/aromatic N) is 8. The van der Waals surface area contributed by atoms with E-state index in [1.807, 2.05) is 6.92 Å². The van der Waals surface area contributed by atoms with Crippen molar-refractivity contribution in [3.05, 3.63) is 25.3 Å². The predicted molar refractivity (Wildman–Crippen MR) is 308 cm³/mol. The van der Waals surface area contributed by atoms with E-state index in [1.54, 1.807) is 63.9 Å². The minimum Gasteiger partial charge on any atom is -0.464 e. The van der Waals surface area contributed by atoms with Gasteiger partial charge in [0, 0.05) is 0 Å². The largest absolute Gasteiger partial charge is 0.464 e. The lowest BCUT2D eigenvalue weighted by Gasteiger charge is -2.35. The molecule has 0 aliphatic carbocycles. The second kappa shape index (κ2) is 34.1. The van der Waals surface area contributed by atoms with Crippen molar-refractivity contribution in [3.63, 3.8) is 0 Å². The van der Waals surface area contributed by atoms with Gasteiger partial charge in [0.2, 0.25) is 7.44 Å². The number of alkyl halides is 1. The first-order chi connectivity index (χ1) is 36.4. The van der Waals surface area contributed by atoms with Gasteiger partial charge >= 0.3 is 25.5 Å². The monoisotopic (exact) mass is 1180 g/mol. The van der Waals surface area contributed by atoms with Gasteiger partial charge in [-0.15, -0.1) is 11.6 Å². The minimum absolute atomic E-state index is 0. The van der Waals surface area contributed by atoms with E-state index in [2.05, 4.69) is 81.6 Å². The molecule has 0 spiro atoms. The Kier molecular flexibility index (Phi) is 31.4. The van der Waals surface area contributed by atoms with Crippen LogP contribution < -0.4 is 27.8 Å². The van der Waals surface area contributed by atoms with E-state index in [4.69, 9.17) is 56.5 Å².